The molecule has 7 heteroatoms. The van der Waals surface area contributed by atoms with Crippen molar-refractivity contribution in [3.63, 3.8) is 0 Å². The first-order valence-corrected chi connectivity index (χ1v) is 11.8. The predicted molar refractivity (Wildman–Crippen MR) is 123 cm³/mol. The number of rotatable bonds is 6. The SMILES string of the molecule is CC(C)(C)OC(=O)NCCC(=O)Nc1ccc(NC(=O)C23CC4CC(CC(C4)C2)C3)cc1. The van der Waals surface area contributed by atoms with Gasteiger partial charge in [-0.25, -0.2) is 4.79 Å². The van der Waals surface area contributed by atoms with E-state index in [1.807, 2.05) is 12.1 Å². The summed E-state index contributed by atoms with van der Waals surface area (Å²) in [6.07, 6.45) is 6.66. The summed E-state index contributed by atoms with van der Waals surface area (Å²) in [6, 6.07) is 7.23. The van der Waals surface area contributed by atoms with Crippen molar-refractivity contribution < 1.29 is 19.1 Å². The number of amides is 3. The van der Waals surface area contributed by atoms with E-state index in [1.54, 1.807) is 32.9 Å². The predicted octanol–water partition coefficient (Wildman–Crippen LogP) is 4.69. The van der Waals surface area contributed by atoms with E-state index in [-0.39, 0.29) is 30.2 Å². The summed E-state index contributed by atoms with van der Waals surface area (Å²) in [4.78, 5) is 36.9. The van der Waals surface area contributed by atoms with Crippen molar-refractivity contribution >= 4 is 29.3 Å². The smallest absolute Gasteiger partial charge is 0.407 e. The van der Waals surface area contributed by atoms with Gasteiger partial charge < -0.3 is 20.7 Å². The van der Waals surface area contributed by atoms with Crippen LogP contribution in [0.3, 0.4) is 0 Å². The third kappa shape index (κ3) is 5.43. The highest BCUT2D eigenvalue weighted by Crippen LogP contribution is 2.60. The van der Waals surface area contributed by atoms with Crippen LogP contribution >= 0.6 is 0 Å². The summed E-state index contributed by atoms with van der Waals surface area (Å²) in [5, 5.41) is 8.51. The minimum absolute atomic E-state index is 0.143. The van der Waals surface area contributed by atoms with Crippen molar-refractivity contribution in [2.75, 3.05) is 17.2 Å². The molecule has 4 saturated carbocycles. The van der Waals surface area contributed by atoms with Crippen LogP contribution in [0.1, 0.15) is 65.7 Å². The van der Waals surface area contributed by atoms with Gasteiger partial charge in [-0.15, -0.1) is 0 Å². The van der Waals surface area contributed by atoms with Gasteiger partial charge in [0, 0.05) is 24.3 Å². The Labute approximate surface area is 190 Å². The van der Waals surface area contributed by atoms with E-state index in [4.69, 9.17) is 4.74 Å². The number of benzene rings is 1. The van der Waals surface area contributed by atoms with E-state index >= 15 is 0 Å². The maximum atomic E-state index is 13.2. The van der Waals surface area contributed by atoms with Crippen LogP contribution in [-0.2, 0) is 14.3 Å². The lowest BCUT2D eigenvalue weighted by Crippen LogP contribution is -2.51. The highest BCUT2D eigenvalue weighted by molar-refractivity contribution is 5.96. The average Bonchev–Trinajstić information content (AvgIpc) is 2.67. The first kappa shape index (κ1) is 22.6. The molecule has 4 bridgehead atoms. The van der Waals surface area contributed by atoms with Crippen molar-refractivity contribution in [2.45, 2.75) is 71.3 Å². The van der Waals surface area contributed by atoms with Gasteiger partial charge in [-0.2, -0.15) is 0 Å². The molecule has 3 amide bonds. The van der Waals surface area contributed by atoms with Crippen LogP contribution in [0, 0.1) is 23.2 Å². The average molecular weight is 442 g/mol. The third-order valence-corrected chi connectivity index (χ3v) is 6.97. The molecule has 1 aromatic carbocycles. The minimum atomic E-state index is -0.570. The van der Waals surface area contributed by atoms with Crippen molar-refractivity contribution in [2.24, 2.45) is 23.2 Å². The molecule has 174 valence electrons. The van der Waals surface area contributed by atoms with Gasteiger partial charge in [0.05, 0.1) is 5.41 Å². The van der Waals surface area contributed by atoms with Crippen molar-refractivity contribution in [3.8, 4) is 0 Å². The van der Waals surface area contributed by atoms with Crippen molar-refractivity contribution in [3.05, 3.63) is 24.3 Å². The van der Waals surface area contributed by atoms with Gasteiger partial charge >= 0.3 is 6.09 Å². The van der Waals surface area contributed by atoms with Crippen molar-refractivity contribution in [1.29, 1.82) is 0 Å². The van der Waals surface area contributed by atoms with Crippen LogP contribution < -0.4 is 16.0 Å². The highest BCUT2D eigenvalue weighted by Gasteiger charge is 2.54. The van der Waals surface area contributed by atoms with Gasteiger partial charge in [0.15, 0.2) is 0 Å². The molecule has 32 heavy (non-hydrogen) atoms. The Hall–Kier alpha value is -2.57. The van der Waals surface area contributed by atoms with Crippen LogP contribution in [0.2, 0.25) is 0 Å². The Bertz CT molecular complexity index is 837. The maximum absolute atomic E-state index is 13.2. The molecule has 0 saturated heterocycles. The summed E-state index contributed by atoms with van der Waals surface area (Å²) in [7, 11) is 0. The van der Waals surface area contributed by atoms with Gasteiger partial charge in [0.2, 0.25) is 11.8 Å². The van der Waals surface area contributed by atoms with Gasteiger partial charge in [-0.3, -0.25) is 9.59 Å². The second-order valence-electron chi connectivity index (χ2n) is 11.0. The zero-order valence-corrected chi connectivity index (χ0v) is 19.3. The largest absolute Gasteiger partial charge is 0.444 e. The fourth-order valence-electron chi connectivity index (χ4n) is 6.11. The molecule has 0 atom stereocenters. The lowest BCUT2D eigenvalue weighted by Gasteiger charge is -2.55. The maximum Gasteiger partial charge on any atom is 0.407 e. The van der Waals surface area contributed by atoms with Gasteiger partial charge in [0.25, 0.3) is 0 Å². The van der Waals surface area contributed by atoms with E-state index in [0.29, 0.717) is 5.69 Å². The van der Waals surface area contributed by atoms with Crippen LogP contribution in [-0.4, -0.2) is 30.1 Å². The molecule has 0 spiro atoms. The minimum Gasteiger partial charge on any atom is -0.444 e. The summed E-state index contributed by atoms with van der Waals surface area (Å²) in [5.41, 5.74) is 0.664. The molecule has 1 aromatic rings. The Morgan fingerprint density at radius 1 is 0.906 bits per heavy atom. The molecule has 0 aromatic heterocycles. The monoisotopic (exact) mass is 441 g/mol. The van der Waals surface area contributed by atoms with E-state index in [2.05, 4.69) is 16.0 Å². The molecule has 0 aliphatic heterocycles. The Balaban J connectivity index is 1.23. The second kappa shape index (κ2) is 8.75. The molecule has 7 nitrogen and oxygen atoms in total. The summed E-state index contributed by atoms with van der Waals surface area (Å²) < 4.78 is 5.14. The van der Waals surface area contributed by atoms with Crippen LogP contribution in [0.5, 0.6) is 0 Å². The Kier molecular flexibility index (Phi) is 6.19. The fourth-order valence-corrected chi connectivity index (χ4v) is 6.11. The number of carbonyl (C=O) groups is 3. The van der Waals surface area contributed by atoms with E-state index < -0.39 is 11.7 Å². The molecular weight excluding hydrogens is 406 g/mol. The van der Waals surface area contributed by atoms with E-state index in [0.717, 1.165) is 42.7 Å². The van der Waals surface area contributed by atoms with Gasteiger partial charge in [-0.1, -0.05) is 0 Å². The Morgan fingerprint density at radius 3 is 1.91 bits per heavy atom. The fraction of sp³-hybridized carbons (Fsp3) is 0.640. The zero-order valence-electron chi connectivity index (χ0n) is 19.3. The molecule has 4 aliphatic carbocycles. The van der Waals surface area contributed by atoms with Crippen molar-refractivity contribution in [1.82, 2.24) is 5.32 Å². The van der Waals surface area contributed by atoms with Crippen LogP contribution in [0.25, 0.3) is 0 Å². The van der Waals surface area contributed by atoms with E-state index in [1.165, 1.54) is 19.3 Å². The molecule has 3 N–H and O–H groups in total. The number of hydrogen-bond acceptors (Lipinski definition) is 4. The lowest BCUT2D eigenvalue weighted by molar-refractivity contribution is -0.140. The second-order valence-corrected chi connectivity index (χ2v) is 11.0. The molecule has 0 unspecified atom stereocenters. The normalized spacial score (nSPS) is 28.2. The summed E-state index contributed by atoms with van der Waals surface area (Å²) in [6.45, 7) is 5.55. The number of nitrogens with one attached hydrogen (secondary N) is 3. The first-order chi connectivity index (χ1) is 15.1. The summed E-state index contributed by atoms with van der Waals surface area (Å²) in [5.74, 6) is 2.16. The van der Waals surface area contributed by atoms with E-state index in [9.17, 15) is 14.4 Å². The Morgan fingerprint density at radius 2 is 1.41 bits per heavy atom. The number of carbonyl (C=O) groups excluding carboxylic acids is 3. The molecule has 0 radical (unpaired) electrons. The number of alkyl carbamates (subject to hydrolysis) is 1. The van der Waals surface area contributed by atoms with Gasteiger partial charge in [0.1, 0.15) is 5.60 Å². The van der Waals surface area contributed by atoms with Gasteiger partial charge in [-0.05, 0) is 101 Å². The quantitative estimate of drug-likeness (QED) is 0.596. The third-order valence-electron chi connectivity index (χ3n) is 6.97. The molecule has 4 fully saturated rings. The van der Waals surface area contributed by atoms with Crippen LogP contribution in [0.4, 0.5) is 16.2 Å². The topological polar surface area (TPSA) is 96.5 Å². The molecular formula is C25H35N3O4. The molecule has 4 aliphatic rings. The number of hydrogen-bond donors (Lipinski definition) is 3. The molecule has 5 rings (SSSR count). The zero-order chi connectivity index (χ0) is 22.9. The number of anilines is 2. The molecule has 0 heterocycles. The summed E-state index contributed by atoms with van der Waals surface area (Å²) >= 11 is 0. The van der Waals surface area contributed by atoms with Crippen LogP contribution in [0.15, 0.2) is 24.3 Å². The standard InChI is InChI=1S/C25H35N3O4/c1-24(2,3)32-23(31)26-9-8-21(29)27-19-4-6-20(7-5-19)28-22(30)25-13-16-10-17(14-25)12-18(11-16)15-25/h4-7,16-18H,8-15H2,1-3H3,(H,26,31)(H,27,29)(H,28,30). The highest BCUT2D eigenvalue weighted by atomic mass is 16.6. The first-order valence-electron chi connectivity index (χ1n) is 11.8. The number of ether oxygens (including phenoxy) is 1. The lowest BCUT2D eigenvalue weighted by atomic mass is 9.49.